The van der Waals surface area contributed by atoms with Crippen LogP contribution < -0.4 is 5.73 Å². The Bertz CT molecular complexity index is 265. The van der Waals surface area contributed by atoms with E-state index in [1.54, 1.807) is 0 Å². The smallest absolute Gasteiger partial charge is 0.109 e. The molecule has 4 nitrogen and oxygen atoms in total. The Balaban J connectivity index is 2.45. The first-order valence-electron chi connectivity index (χ1n) is 5.74. The quantitative estimate of drug-likeness (QED) is 0.721. The van der Waals surface area contributed by atoms with E-state index in [0.29, 0.717) is 6.54 Å². The van der Waals surface area contributed by atoms with E-state index in [2.05, 4.69) is 28.3 Å². The largest absolute Gasteiger partial charge is 0.334 e. The molecule has 2 N–H and O–H groups in total. The standard InChI is InChI=1S/C11H22N4/c1-3-14(4-2)9-10-15-8-7-13-11(15)5-6-12/h7-8H,3-6,9-10,12H2,1-2H3. The van der Waals surface area contributed by atoms with Crippen molar-refractivity contribution in [1.29, 1.82) is 0 Å². The molecule has 0 aromatic carbocycles. The molecule has 1 heterocycles. The second kappa shape index (κ2) is 6.58. The molecule has 0 atom stereocenters. The highest BCUT2D eigenvalue weighted by Gasteiger charge is 2.03. The fraction of sp³-hybridized carbons (Fsp3) is 0.727. The van der Waals surface area contributed by atoms with E-state index in [4.69, 9.17) is 5.73 Å². The average molecular weight is 210 g/mol. The van der Waals surface area contributed by atoms with Gasteiger partial charge in [0.2, 0.25) is 0 Å². The Morgan fingerprint density at radius 2 is 2.13 bits per heavy atom. The zero-order chi connectivity index (χ0) is 11.1. The van der Waals surface area contributed by atoms with Crippen molar-refractivity contribution in [1.82, 2.24) is 14.5 Å². The van der Waals surface area contributed by atoms with Crippen LogP contribution in [-0.2, 0) is 13.0 Å². The van der Waals surface area contributed by atoms with Crippen molar-refractivity contribution in [2.45, 2.75) is 26.8 Å². The third kappa shape index (κ3) is 3.64. The Morgan fingerprint density at radius 3 is 2.73 bits per heavy atom. The van der Waals surface area contributed by atoms with Gasteiger partial charge in [-0.1, -0.05) is 13.8 Å². The van der Waals surface area contributed by atoms with Gasteiger partial charge in [0.15, 0.2) is 0 Å². The lowest BCUT2D eigenvalue weighted by Gasteiger charge is -2.18. The molecule has 1 rings (SSSR count). The maximum Gasteiger partial charge on any atom is 0.109 e. The predicted molar refractivity (Wildman–Crippen MR) is 62.8 cm³/mol. The summed E-state index contributed by atoms with van der Waals surface area (Å²) in [5.74, 6) is 1.10. The second-order valence-corrected chi connectivity index (χ2v) is 3.60. The van der Waals surface area contributed by atoms with E-state index < -0.39 is 0 Å². The molecule has 0 radical (unpaired) electrons. The maximum atomic E-state index is 5.53. The highest BCUT2D eigenvalue weighted by Crippen LogP contribution is 1.99. The summed E-state index contributed by atoms with van der Waals surface area (Å²) in [5, 5.41) is 0. The van der Waals surface area contributed by atoms with E-state index in [9.17, 15) is 0 Å². The summed E-state index contributed by atoms with van der Waals surface area (Å²) >= 11 is 0. The first kappa shape index (κ1) is 12.2. The van der Waals surface area contributed by atoms with Gasteiger partial charge in [0.05, 0.1) is 0 Å². The van der Waals surface area contributed by atoms with Crippen LogP contribution in [0.5, 0.6) is 0 Å². The van der Waals surface area contributed by atoms with Gasteiger partial charge in [0, 0.05) is 31.9 Å². The molecule has 0 bridgehead atoms. The Labute approximate surface area is 92.1 Å². The van der Waals surface area contributed by atoms with Crippen molar-refractivity contribution >= 4 is 0 Å². The molecular weight excluding hydrogens is 188 g/mol. The topological polar surface area (TPSA) is 47.1 Å². The van der Waals surface area contributed by atoms with Crippen molar-refractivity contribution in [3.8, 4) is 0 Å². The maximum absolute atomic E-state index is 5.53. The molecule has 15 heavy (non-hydrogen) atoms. The highest BCUT2D eigenvalue weighted by atomic mass is 15.2. The van der Waals surface area contributed by atoms with E-state index in [1.165, 1.54) is 0 Å². The number of nitrogens with zero attached hydrogens (tertiary/aromatic N) is 3. The minimum atomic E-state index is 0.669. The molecule has 0 saturated carbocycles. The summed E-state index contributed by atoms with van der Waals surface area (Å²) in [7, 11) is 0. The lowest BCUT2D eigenvalue weighted by atomic mass is 10.4. The lowest BCUT2D eigenvalue weighted by Crippen LogP contribution is -2.27. The normalized spacial score (nSPS) is 11.2. The molecule has 4 heteroatoms. The summed E-state index contributed by atoms with van der Waals surface area (Å²) in [4.78, 5) is 6.71. The van der Waals surface area contributed by atoms with Crippen LogP contribution in [0.1, 0.15) is 19.7 Å². The zero-order valence-corrected chi connectivity index (χ0v) is 9.82. The van der Waals surface area contributed by atoms with Crippen LogP contribution in [0, 0.1) is 0 Å². The van der Waals surface area contributed by atoms with Crippen LogP contribution in [0.15, 0.2) is 12.4 Å². The Kier molecular flexibility index (Phi) is 5.36. The summed E-state index contributed by atoms with van der Waals surface area (Å²) < 4.78 is 2.20. The van der Waals surface area contributed by atoms with E-state index in [-0.39, 0.29) is 0 Å². The van der Waals surface area contributed by atoms with Crippen molar-refractivity contribution in [2.24, 2.45) is 5.73 Å². The van der Waals surface area contributed by atoms with Crippen LogP contribution in [0.3, 0.4) is 0 Å². The minimum absolute atomic E-state index is 0.669. The molecule has 1 aromatic heterocycles. The first-order chi connectivity index (χ1) is 7.31. The fourth-order valence-electron chi connectivity index (χ4n) is 1.69. The van der Waals surface area contributed by atoms with Gasteiger partial charge in [-0.05, 0) is 19.6 Å². The number of likely N-dealkylation sites (N-methyl/N-ethyl adjacent to an activating group) is 1. The van der Waals surface area contributed by atoms with Crippen molar-refractivity contribution in [3.63, 3.8) is 0 Å². The van der Waals surface area contributed by atoms with Gasteiger partial charge >= 0.3 is 0 Å². The molecule has 0 saturated heterocycles. The van der Waals surface area contributed by atoms with E-state index in [1.807, 2.05) is 12.4 Å². The number of rotatable bonds is 7. The Hall–Kier alpha value is -0.870. The zero-order valence-electron chi connectivity index (χ0n) is 9.82. The summed E-state index contributed by atoms with van der Waals surface area (Å²) in [6.45, 7) is 9.37. The van der Waals surface area contributed by atoms with Crippen LogP contribution in [0.2, 0.25) is 0 Å². The molecule has 0 aliphatic rings. The van der Waals surface area contributed by atoms with Crippen LogP contribution >= 0.6 is 0 Å². The lowest BCUT2D eigenvalue weighted by molar-refractivity contribution is 0.289. The van der Waals surface area contributed by atoms with Crippen LogP contribution in [0.25, 0.3) is 0 Å². The molecule has 0 unspecified atom stereocenters. The van der Waals surface area contributed by atoms with Gasteiger partial charge in [-0.2, -0.15) is 0 Å². The fourth-order valence-corrected chi connectivity index (χ4v) is 1.69. The summed E-state index contributed by atoms with van der Waals surface area (Å²) in [6.07, 6.45) is 4.76. The third-order valence-electron chi connectivity index (χ3n) is 2.72. The van der Waals surface area contributed by atoms with Gasteiger partial charge in [-0.15, -0.1) is 0 Å². The SMILES string of the molecule is CCN(CC)CCn1ccnc1CCN. The van der Waals surface area contributed by atoms with Crippen molar-refractivity contribution in [2.75, 3.05) is 26.2 Å². The molecule has 0 amide bonds. The summed E-state index contributed by atoms with van der Waals surface area (Å²) in [6, 6.07) is 0. The number of nitrogens with two attached hydrogens (primary N) is 1. The van der Waals surface area contributed by atoms with Crippen LogP contribution in [-0.4, -0.2) is 40.6 Å². The van der Waals surface area contributed by atoms with E-state index in [0.717, 1.165) is 38.4 Å². The predicted octanol–water partition coefficient (Wildman–Crippen LogP) is 0.726. The summed E-state index contributed by atoms with van der Waals surface area (Å²) in [5.41, 5.74) is 5.53. The second-order valence-electron chi connectivity index (χ2n) is 3.60. The molecule has 0 aliphatic heterocycles. The molecule has 1 aromatic rings. The van der Waals surface area contributed by atoms with Gasteiger partial charge in [0.25, 0.3) is 0 Å². The van der Waals surface area contributed by atoms with Crippen LogP contribution in [0.4, 0.5) is 0 Å². The average Bonchev–Trinajstić information content (AvgIpc) is 2.68. The number of aromatic nitrogens is 2. The van der Waals surface area contributed by atoms with Gasteiger partial charge in [0.1, 0.15) is 5.82 Å². The molecule has 0 spiro atoms. The van der Waals surface area contributed by atoms with Gasteiger partial charge in [-0.3, -0.25) is 0 Å². The third-order valence-corrected chi connectivity index (χ3v) is 2.72. The number of hydrogen-bond acceptors (Lipinski definition) is 3. The number of hydrogen-bond donors (Lipinski definition) is 1. The van der Waals surface area contributed by atoms with Gasteiger partial charge < -0.3 is 15.2 Å². The highest BCUT2D eigenvalue weighted by molar-refractivity contribution is 4.92. The van der Waals surface area contributed by atoms with E-state index >= 15 is 0 Å². The van der Waals surface area contributed by atoms with Gasteiger partial charge in [-0.25, -0.2) is 4.98 Å². The van der Waals surface area contributed by atoms with Crippen molar-refractivity contribution in [3.05, 3.63) is 18.2 Å². The minimum Gasteiger partial charge on any atom is -0.334 e. The Morgan fingerprint density at radius 1 is 1.40 bits per heavy atom. The molecule has 86 valence electrons. The molecule has 0 aliphatic carbocycles. The molecular formula is C11H22N4. The first-order valence-corrected chi connectivity index (χ1v) is 5.74. The number of imidazole rings is 1. The molecule has 0 fully saturated rings. The van der Waals surface area contributed by atoms with Crippen molar-refractivity contribution < 1.29 is 0 Å². The monoisotopic (exact) mass is 210 g/mol.